The van der Waals surface area contributed by atoms with E-state index in [0.717, 1.165) is 29.0 Å². The van der Waals surface area contributed by atoms with Crippen molar-refractivity contribution >= 4 is 35.1 Å². The van der Waals surface area contributed by atoms with E-state index >= 15 is 0 Å². The molecular formula is C19H22ClN3O3. The second-order valence-electron chi connectivity index (χ2n) is 8.11. The molecule has 0 atom stereocenters. The van der Waals surface area contributed by atoms with Gasteiger partial charge in [0.1, 0.15) is 12.1 Å². The zero-order chi connectivity index (χ0) is 18.7. The van der Waals surface area contributed by atoms with E-state index in [1.54, 1.807) is 4.90 Å². The van der Waals surface area contributed by atoms with Crippen LogP contribution in [0.2, 0.25) is 5.02 Å². The van der Waals surface area contributed by atoms with Crippen LogP contribution in [0.3, 0.4) is 0 Å². The minimum atomic E-state index is -0.789. The number of nitrogens with zero attached hydrogens (tertiary/aromatic N) is 2. The van der Waals surface area contributed by atoms with Crippen molar-refractivity contribution in [1.82, 2.24) is 10.2 Å². The fourth-order valence-electron chi connectivity index (χ4n) is 4.55. The third kappa shape index (κ3) is 2.42. The zero-order valence-electron chi connectivity index (χ0n) is 15.0. The Hall–Kier alpha value is -2.08. The Balaban J connectivity index is 1.58. The first-order valence-electron chi connectivity index (χ1n) is 8.99. The second kappa shape index (κ2) is 5.71. The quantitative estimate of drug-likeness (QED) is 0.808. The van der Waals surface area contributed by atoms with E-state index in [9.17, 15) is 14.4 Å². The van der Waals surface area contributed by atoms with Crippen LogP contribution in [0.4, 0.5) is 10.5 Å². The van der Waals surface area contributed by atoms with Crippen LogP contribution in [0.5, 0.6) is 0 Å². The molecule has 6 nitrogen and oxygen atoms in total. The first-order valence-corrected chi connectivity index (χ1v) is 9.36. The van der Waals surface area contributed by atoms with Gasteiger partial charge in [0.2, 0.25) is 5.91 Å². The van der Waals surface area contributed by atoms with Gasteiger partial charge in [-0.2, -0.15) is 0 Å². The summed E-state index contributed by atoms with van der Waals surface area (Å²) in [4.78, 5) is 40.8. The molecule has 0 bridgehead atoms. The molecule has 138 valence electrons. The minimum Gasteiger partial charge on any atom is -0.323 e. The fourth-order valence-corrected chi connectivity index (χ4v) is 4.97. The van der Waals surface area contributed by atoms with Gasteiger partial charge in [-0.1, -0.05) is 44.4 Å². The van der Waals surface area contributed by atoms with Crippen LogP contribution in [-0.4, -0.2) is 41.4 Å². The Labute approximate surface area is 157 Å². The molecule has 3 aliphatic rings. The van der Waals surface area contributed by atoms with Gasteiger partial charge in [0.25, 0.3) is 5.91 Å². The van der Waals surface area contributed by atoms with Crippen molar-refractivity contribution in [3.05, 3.63) is 28.8 Å². The summed E-state index contributed by atoms with van der Waals surface area (Å²) in [7, 11) is 0. The monoisotopic (exact) mass is 375 g/mol. The number of carbonyl (C=O) groups is 3. The van der Waals surface area contributed by atoms with Crippen LogP contribution in [0, 0.1) is 0 Å². The average Bonchev–Trinajstić information content (AvgIpc) is 3.21. The van der Waals surface area contributed by atoms with E-state index in [1.165, 1.54) is 0 Å². The summed E-state index contributed by atoms with van der Waals surface area (Å²) < 4.78 is 0. The van der Waals surface area contributed by atoms with Crippen molar-refractivity contribution in [1.29, 1.82) is 0 Å². The number of nitrogens with one attached hydrogen (secondary N) is 1. The Bertz CT molecular complexity index is 814. The van der Waals surface area contributed by atoms with E-state index in [4.69, 9.17) is 11.6 Å². The minimum absolute atomic E-state index is 0.242. The molecule has 0 radical (unpaired) electrons. The van der Waals surface area contributed by atoms with Gasteiger partial charge in [-0.3, -0.25) is 14.5 Å². The maximum absolute atomic E-state index is 13.0. The van der Waals surface area contributed by atoms with Gasteiger partial charge in [-0.25, -0.2) is 4.79 Å². The lowest BCUT2D eigenvalue weighted by Crippen LogP contribution is -2.46. The first-order chi connectivity index (χ1) is 12.3. The predicted molar refractivity (Wildman–Crippen MR) is 98.3 cm³/mol. The van der Waals surface area contributed by atoms with E-state index in [1.807, 2.05) is 32.0 Å². The second-order valence-corrected chi connectivity index (χ2v) is 8.52. The number of benzene rings is 1. The largest absolute Gasteiger partial charge is 0.325 e. The Morgan fingerprint density at radius 1 is 1.23 bits per heavy atom. The van der Waals surface area contributed by atoms with Crippen molar-refractivity contribution in [3.8, 4) is 0 Å². The van der Waals surface area contributed by atoms with Crippen LogP contribution in [0.1, 0.15) is 45.1 Å². The third-order valence-corrected chi connectivity index (χ3v) is 6.12. The normalized spacial score (nSPS) is 22.9. The standard InChI is InChI=1S/C19H22ClN3O3/c1-18(2)11-23(13-7-5-6-12(20)15(13)18)14(24)10-22-16(25)19(21-17(22)26)8-3-4-9-19/h5-7H,3-4,8-11H2,1-2H3,(H,21,26). The lowest BCUT2D eigenvalue weighted by molar-refractivity contribution is -0.134. The van der Waals surface area contributed by atoms with Crippen LogP contribution < -0.4 is 10.2 Å². The maximum Gasteiger partial charge on any atom is 0.325 e. The number of halogens is 1. The average molecular weight is 376 g/mol. The highest BCUT2D eigenvalue weighted by molar-refractivity contribution is 6.32. The first kappa shape index (κ1) is 17.3. The lowest BCUT2D eigenvalue weighted by atomic mass is 9.87. The number of hydrogen-bond donors (Lipinski definition) is 1. The van der Waals surface area contributed by atoms with Crippen molar-refractivity contribution in [2.24, 2.45) is 0 Å². The Kier molecular flexibility index (Phi) is 3.81. The number of hydrogen-bond acceptors (Lipinski definition) is 3. The number of imide groups is 1. The van der Waals surface area contributed by atoms with Gasteiger partial charge in [0, 0.05) is 28.2 Å². The molecule has 26 heavy (non-hydrogen) atoms. The molecule has 7 heteroatoms. The van der Waals surface area contributed by atoms with Gasteiger partial charge in [-0.05, 0) is 25.0 Å². The molecule has 1 aromatic carbocycles. The van der Waals surface area contributed by atoms with Gasteiger partial charge >= 0.3 is 6.03 Å². The van der Waals surface area contributed by atoms with Crippen molar-refractivity contribution in [2.75, 3.05) is 18.0 Å². The third-order valence-electron chi connectivity index (χ3n) is 5.81. The maximum atomic E-state index is 13.0. The van der Waals surface area contributed by atoms with Gasteiger partial charge in [-0.15, -0.1) is 0 Å². The number of fused-ring (bicyclic) bond motifs is 1. The van der Waals surface area contributed by atoms with Crippen LogP contribution in [0.25, 0.3) is 0 Å². The molecular weight excluding hydrogens is 354 g/mol. The zero-order valence-corrected chi connectivity index (χ0v) is 15.7. The molecule has 1 saturated carbocycles. The molecule has 0 aromatic heterocycles. The molecule has 2 heterocycles. The topological polar surface area (TPSA) is 69.7 Å². The highest BCUT2D eigenvalue weighted by Crippen LogP contribution is 2.44. The Morgan fingerprint density at radius 2 is 1.92 bits per heavy atom. The number of urea groups is 1. The highest BCUT2D eigenvalue weighted by atomic mass is 35.5. The van der Waals surface area contributed by atoms with Crippen LogP contribution in [-0.2, 0) is 15.0 Å². The van der Waals surface area contributed by atoms with Crippen molar-refractivity contribution in [3.63, 3.8) is 0 Å². The summed E-state index contributed by atoms with van der Waals surface area (Å²) in [6, 6.07) is 5.02. The number of anilines is 1. The molecule has 0 unspecified atom stereocenters. The summed E-state index contributed by atoms with van der Waals surface area (Å²) in [5, 5.41) is 3.44. The summed E-state index contributed by atoms with van der Waals surface area (Å²) in [6.45, 7) is 4.30. The molecule has 4 rings (SSSR count). The van der Waals surface area contributed by atoms with Crippen LogP contribution in [0.15, 0.2) is 18.2 Å². The lowest BCUT2D eigenvalue weighted by Gasteiger charge is -2.23. The summed E-state index contributed by atoms with van der Waals surface area (Å²) >= 11 is 6.36. The molecule has 1 aromatic rings. The van der Waals surface area contributed by atoms with Gasteiger partial charge in [0.15, 0.2) is 0 Å². The molecule has 1 spiro atoms. The fraction of sp³-hybridized carbons (Fsp3) is 0.526. The molecule has 4 amide bonds. The summed E-state index contributed by atoms with van der Waals surface area (Å²) in [6.07, 6.45) is 3.13. The van der Waals surface area contributed by atoms with E-state index in [-0.39, 0.29) is 23.8 Å². The van der Waals surface area contributed by atoms with E-state index in [0.29, 0.717) is 24.4 Å². The smallest absolute Gasteiger partial charge is 0.323 e. The summed E-state index contributed by atoms with van der Waals surface area (Å²) in [5.41, 5.74) is 0.616. The van der Waals surface area contributed by atoms with Crippen molar-refractivity contribution in [2.45, 2.75) is 50.5 Å². The molecule has 1 saturated heterocycles. The number of rotatable bonds is 2. The van der Waals surface area contributed by atoms with Gasteiger partial charge in [0.05, 0.1) is 0 Å². The van der Waals surface area contributed by atoms with E-state index in [2.05, 4.69) is 5.32 Å². The number of amides is 4. The van der Waals surface area contributed by atoms with E-state index < -0.39 is 11.6 Å². The molecule has 1 N–H and O–H groups in total. The van der Waals surface area contributed by atoms with Gasteiger partial charge < -0.3 is 10.2 Å². The summed E-state index contributed by atoms with van der Waals surface area (Å²) in [5.74, 6) is -0.532. The highest BCUT2D eigenvalue weighted by Gasteiger charge is 2.53. The predicted octanol–water partition coefficient (Wildman–Crippen LogP) is 2.83. The van der Waals surface area contributed by atoms with Crippen LogP contribution >= 0.6 is 11.6 Å². The Morgan fingerprint density at radius 3 is 2.62 bits per heavy atom. The molecule has 2 fully saturated rings. The van der Waals surface area contributed by atoms with Crippen molar-refractivity contribution < 1.29 is 14.4 Å². The molecule has 2 aliphatic heterocycles. The number of carbonyl (C=O) groups excluding carboxylic acids is 3. The SMILES string of the molecule is CC1(C)CN(C(=O)CN2C(=O)NC3(CCCC3)C2=O)c2cccc(Cl)c21. The molecule has 1 aliphatic carbocycles.